The van der Waals surface area contributed by atoms with Crippen molar-refractivity contribution in [2.75, 3.05) is 7.05 Å². The summed E-state index contributed by atoms with van der Waals surface area (Å²) in [5, 5.41) is 14.7. The molecule has 1 N–H and O–H groups in total. The molecule has 0 aliphatic heterocycles. The van der Waals surface area contributed by atoms with Crippen molar-refractivity contribution in [1.29, 1.82) is 0 Å². The van der Waals surface area contributed by atoms with Crippen LogP contribution in [-0.2, 0) is 13.2 Å². The number of nitrogens with one attached hydrogen (secondary N) is 1. The first-order valence-electron chi connectivity index (χ1n) is 6.39. The summed E-state index contributed by atoms with van der Waals surface area (Å²) in [6.07, 6.45) is 0. The van der Waals surface area contributed by atoms with Crippen molar-refractivity contribution < 1.29 is 9.66 Å². The van der Waals surface area contributed by atoms with Crippen molar-refractivity contribution >= 4 is 17.3 Å². The van der Waals surface area contributed by atoms with Crippen LogP contribution in [0.1, 0.15) is 11.1 Å². The van der Waals surface area contributed by atoms with Gasteiger partial charge in [-0.1, -0.05) is 29.8 Å². The van der Waals surface area contributed by atoms with Crippen LogP contribution >= 0.6 is 11.6 Å². The number of ether oxygens (including phenoxy) is 1. The minimum Gasteiger partial charge on any atom is -0.482 e. The van der Waals surface area contributed by atoms with E-state index in [1.807, 2.05) is 12.1 Å². The fourth-order valence-electron chi connectivity index (χ4n) is 1.93. The molecule has 0 saturated carbocycles. The Kier molecular flexibility index (Phi) is 5.14. The number of rotatable bonds is 6. The molecule has 0 heterocycles. The van der Waals surface area contributed by atoms with Gasteiger partial charge in [0.05, 0.1) is 4.92 Å². The predicted octanol–water partition coefficient (Wildman–Crippen LogP) is 3.55. The number of nitrogens with zero attached hydrogens (tertiary/aromatic N) is 1. The van der Waals surface area contributed by atoms with E-state index in [-0.39, 0.29) is 18.0 Å². The highest BCUT2D eigenvalue weighted by Crippen LogP contribution is 2.29. The largest absolute Gasteiger partial charge is 0.482 e. The van der Waals surface area contributed by atoms with Crippen molar-refractivity contribution in [2.45, 2.75) is 13.2 Å². The van der Waals surface area contributed by atoms with E-state index in [1.54, 1.807) is 31.3 Å². The summed E-state index contributed by atoms with van der Waals surface area (Å²) in [5.74, 6) is 0.250. The molecule has 2 aromatic rings. The molecule has 0 radical (unpaired) electrons. The van der Waals surface area contributed by atoms with Gasteiger partial charge >= 0.3 is 5.69 Å². The number of hydrogen-bond donors (Lipinski definition) is 1. The molecule has 0 saturated heterocycles. The number of hydrogen-bond acceptors (Lipinski definition) is 4. The van der Waals surface area contributed by atoms with Crippen molar-refractivity contribution in [3.8, 4) is 5.75 Å². The van der Waals surface area contributed by atoms with Crippen LogP contribution in [0.5, 0.6) is 5.75 Å². The lowest BCUT2D eigenvalue weighted by Crippen LogP contribution is -2.06. The van der Waals surface area contributed by atoms with E-state index in [4.69, 9.17) is 16.3 Å². The van der Waals surface area contributed by atoms with Gasteiger partial charge in [-0.2, -0.15) is 0 Å². The second-order valence-corrected chi connectivity index (χ2v) is 4.94. The van der Waals surface area contributed by atoms with Crippen molar-refractivity contribution in [3.63, 3.8) is 0 Å². The zero-order valence-corrected chi connectivity index (χ0v) is 12.3. The van der Waals surface area contributed by atoms with Crippen LogP contribution in [0.15, 0.2) is 42.5 Å². The molecule has 21 heavy (non-hydrogen) atoms. The molecule has 5 nitrogen and oxygen atoms in total. The number of nitro groups is 1. The highest BCUT2D eigenvalue weighted by atomic mass is 35.5. The molecular formula is C15H15ClN2O3. The smallest absolute Gasteiger partial charge is 0.311 e. The van der Waals surface area contributed by atoms with Crippen LogP contribution in [0.4, 0.5) is 5.69 Å². The minimum atomic E-state index is -0.438. The maximum absolute atomic E-state index is 11.1. The zero-order chi connectivity index (χ0) is 15.2. The van der Waals surface area contributed by atoms with Crippen LogP contribution in [0, 0.1) is 10.1 Å². The Labute approximate surface area is 127 Å². The quantitative estimate of drug-likeness (QED) is 0.655. The van der Waals surface area contributed by atoms with E-state index in [0.29, 0.717) is 11.6 Å². The van der Waals surface area contributed by atoms with Gasteiger partial charge in [0.15, 0.2) is 5.75 Å². The van der Waals surface area contributed by atoms with Gasteiger partial charge in [0, 0.05) is 17.6 Å². The Hall–Kier alpha value is -2.11. The fraction of sp³-hybridized carbons (Fsp3) is 0.200. The number of benzene rings is 2. The molecule has 110 valence electrons. The summed E-state index contributed by atoms with van der Waals surface area (Å²) in [6.45, 7) is 0.794. The lowest BCUT2D eigenvalue weighted by molar-refractivity contribution is -0.386. The highest BCUT2D eigenvalue weighted by molar-refractivity contribution is 6.30. The predicted molar refractivity (Wildman–Crippen MR) is 81.6 cm³/mol. The summed E-state index contributed by atoms with van der Waals surface area (Å²) < 4.78 is 5.55. The molecule has 0 atom stereocenters. The van der Waals surface area contributed by atoms with Gasteiger partial charge < -0.3 is 10.1 Å². The van der Waals surface area contributed by atoms with Crippen molar-refractivity contribution in [3.05, 3.63) is 68.7 Å². The molecule has 0 bridgehead atoms. The van der Waals surface area contributed by atoms with Crippen LogP contribution in [0.3, 0.4) is 0 Å². The molecular weight excluding hydrogens is 292 g/mol. The minimum absolute atomic E-state index is 0.0372. The fourth-order valence-corrected chi connectivity index (χ4v) is 2.14. The molecule has 0 spiro atoms. The van der Waals surface area contributed by atoms with Gasteiger partial charge in [-0.25, -0.2) is 0 Å². The Morgan fingerprint density at radius 2 is 2.05 bits per heavy atom. The van der Waals surface area contributed by atoms with Crippen LogP contribution in [-0.4, -0.2) is 12.0 Å². The number of nitro benzene ring substituents is 1. The molecule has 0 aliphatic carbocycles. The van der Waals surface area contributed by atoms with Crippen LogP contribution in [0.2, 0.25) is 5.02 Å². The molecule has 0 fully saturated rings. The van der Waals surface area contributed by atoms with E-state index in [2.05, 4.69) is 5.32 Å². The lowest BCUT2D eigenvalue weighted by Gasteiger charge is -2.08. The van der Waals surface area contributed by atoms with Crippen LogP contribution in [0.25, 0.3) is 0 Å². The van der Waals surface area contributed by atoms with Gasteiger partial charge in [-0.15, -0.1) is 0 Å². The topological polar surface area (TPSA) is 64.4 Å². The molecule has 0 aliphatic rings. The van der Waals surface area contributed by atoms with E-state index in [1.165, 1.54) is 6.07 Å². The first-order valence-corrected chi connectivity index (χ1v) is 6.77. The Bertz CT molecular complexity index is 647. The first kappa shape index (κ1) is 15.3. The molecule has 0 unspecified atom stereocenters. The summed E-state index contributed by atoms with van der Waals surface area (Å²) in [7, 11) is 1.79. The van der Waals surface area contributed by atoms with E-state index in [9.17, 15) is 10.1 Å². The Balaban J connectivity index is 2.17. The molecule has 6 heteroatoms. The van der Waals surface area contributed by atoms with Crippen molar-refractivity contribution in [2.24, 2.45) is 0 Å². The lowest BCUT2D eigenvalue weighted by atomic mass is 10.2. The van der Waals surface area contributed by atoms with E-state index >= 15 is 0 Å². The summed E-state index contributed by atoms with van der Waals surface area (Å²) in [6, 6.07) is 12.1. The third-order valence-electron chi connectivity index (χ3n) is 2.88. The second kappa shape index (κ2) is 7.06. The maximum Gasteiger partial charge on any atom is 0.311 e. The average molecular weight is 307 g/mol. The van der Waals surface area contributed by atoms with Crippen LogP contribution < -0.4 is 10.1 Å². The summed E-state index contributed by atoms with van der Waals surface area (Å²) in [5.41, 5.74) is 1.65. The van der Waals surface area contributed by atoms with Gasteiger partial charge in [0.2, 0.25) is 0 Å². The zero-order valence-electron chi connectivity index (χ0n) is 11.5. The third kappa shape index (κ3) is 4.18. The average Bonchev–Trinajstić information content (AvgIpc) is 2.46. The molecule has 2 rings (SSSR count). The normalized spacial score (nSPS) is 10.4. The van der Waals surface area contributed by atoms with Crippen molar-refractivity contribution in [1.82, 2.24) is 5.32 Å². The third-order valence-corrected chi connectivity index (χ3v) is 3.12. The van der Waals surface area contributed by atoms with Gasteiger partial charge in [0.25, 0.3) is 0 Å². The van der Waals surface area contributed by atoms with Gasteiger partial charge in [-0.05, 0) is 36.4 Å². The monoisotopic (exact) mass is 306 g/mol. The summed E-state index contributed by atoms with van der Waals surface area (Å²) >= 11 is 5.89. The Morgan fingerprint density at radius 3 is 2.71 bits per heavy atom. The molecule has 2 aromatic carbocycles. The SMILES string of the molecule is CNCc1ccc(OCc2cccc(Cl)c2)c([N+](=O)[O-])c1. The summed E-state index contributed by atoms with van der Waals surface area (Å²) in [4.78, 5) is 10.7. The molecule has 0 aromatic heterocycles. The maximum atomic E-state index is 11.1. The number of halogens is 1. The standard InChI is InChI=1S/C15H15ClN2O3/c1-17-9-11-5-6-15(14(8-11)18(19)20)21-10-12-3-2-4-13(16)7-12/h2-8,17H,9-10H2,1H3. The van der Waals surface area contributed by atoms with Gasteiger partial charge in [-0.3, -0.25) is 10.1 Å². The highest BCUT2D eigenvalue weighted by Gasteiger charge is 2.16. The van der Waals surface area contributed by atoms with E-state index < -0.39 is 4.92 Å². The van der Waals surface area contributed by atoms with Gasteiger partial charge in [0.1, 0.15) is 6.61 Å². The Morgan fingerprint density at radius 1 is 1.24 bits per heavy atom. The molecule has 0 amide bonds. The van der Waals surface area contributed by atoms with E-state index in [0.717, 1.165) is 11.1 Å². The first-order chi connectivity index (χ1) is 10.1. The second-order valence-electron chi connectivity index (χ2n) is 4.51.